The molecule has 2 aromatic rings. The van der Waals surface area contributed by atoms with Gasteiger partial charge in [-0.15, -0.1) is 11.3 Å². The number of aromatic nitrogens is 1. The molecule has 1 heterocycles. The van der Waals surface area contributed by atoms with Gasteiger partial charge in [0.05, 0.1) is 16.1 Å². The van der Waals surface area contributed by atoms with Crippen LogP contribution in [0.5, 0.6) is 0 Å². The van der Waals surface area contributed by atoms with Crippen LogP contribution in [0.4, 0.5) is 0 Å². The predicted octanol–water partition coefficient (Wildman–Crippen LogP) is 5.26. The zero-order chi connectivity index (χ0) is 14.0. The summed E-state index contributed by atoms with van der Waals surface area (Å²) >= 11 is 20.0. The molecule has 0 bridgehead atoms. The SMILES string of the molecule is Cc1cnc(C(C)NCc2c(Cl)ccc(Cl)c2Cl)s1. The number of hydrogen-bond acceptors (Lipinski definition) is 3. The summed E-state index contributed by atoms with van der Waals surface area (Å²) in [5.74, 6) is 0. The third kappa shape index (κ3) is 3.61. The van der Waals surface area contributed by atoms with Crippen LogP contribution in [0.15, 0.2) is 18.3 Å². The van der Waals surface area contributed by atoms with Crippen LogP contribution in [0.1, 0.15) is 28.4 Å². The van der Waals surface area contributed by atoms with Gasteiger partial charge in [-0.05, 0) is 26.0 Å². The molecule has 0 saturated heterocycles. The molecule has 1 unspecified atom stereocenters. The van der Waals surface area contributed by atoms with Crippen molar-refractivity contribution in [1.29, 1.82) is 0 Å². The van der Waals surface area contributed by atoms with Gasteiger partial charge < -0.3 is 5.32 Å². The summed E-state index contributed by atoms with van der Waals surface area (Å²) in [5, 5.41) is 6.04. The van der Waals surface area contributed by atoms with E-state index in [1.807, 2.05) is 13.1 Å². The molecule has 0 radical (unpaired) electrons. The first-order valence-electron chi connectivity index (χ1n) is 5.77. The first kappa shape index (κ1) is 15.1. The largest absolute Gasteiger partial charge is 0.304 e. The molecule has 0 fully saturated rings. The Kier molecular flexibility index (Phi) is 5.09. The molecule has 1 atom stereocenters. The zero-order valence-corrected chi connectivity index (χ0v) is 13.6. The number of nitrogens with zero attached hydrogens (tertiary/aromatic N) is 1. The van der Waals surface area contributed by atoms with E-state index < -0.39 is 0 Å². The van der Waals surface area contributed by atoms with E-state index in [1.165, 1.54) is 4.88 Å². The van der Waals surface area contributed by atoms with Crippen molar-refractivity contribution in [2.75, 3.05) is 0 Å². The van der Waals surface area contributed by atoms with Gasteiger partial charge in [-0.1, -0.05) is 34.8 Å². The van der Waals surface area contributed by atoms with E-state index in [4.69, 9.17) is 34.8 Å². The highest BCUT2D eigenvalue weighted by atomic mass is 35.5. The van der Waals surface area contributed by atoms with Crippen LogP contribution < -0.4 is 5.32 Å². The van der Waals surface area contributed by atoms with Crippen LogP contribution in [0.25, 0.3) is 0 Å². The van der Waals surface area contributed by atoms with Crippen LogP contribution in [0, 0.1) is 6.92 Å². The number of benzene rings is 1. The van der Waals surface area contributed by atoms with Crippen molar-refractivity contribution in [3.05, 3.63) is 48.8 Å². The number of hydrogen-bond donors (Lipinski definition) is 1. The fourth-order valence-corrected chi connectivity index (χ4v) is 3.13. The van der Waals surface area contributed by atoms with E-state index >= 15 is 0 Å². The summed E-state index contributed by atoms with van der Waals surface area (Å²) in [6.45, 7) is 4.65. The van der Waals surface area contributed by atoms with Gasteiger partial charge in [-0.25, -0.2) is 4.98 Å². The lowest BCUT2D eigenvalue weighted by Gasteiger charge is -2.13. The average Bonchev–Trinajstić information content (AvgIpc) is 2.80. The maximum Gasteiger partial charge on any atom is 0.109 e. The Bertz CT molecular complexity index is 583. The Labute approximate surface area is 131 Å². The minimum Gasteiger partial charge on any atom is -0.304 e. The molecule has 1 aromatic heterocycles. The molecule has 1 N–H and O–H groups in total. The van der Waals surface area contributed by atoms with Gasteiger partial charge in [0.1, 0.15) is 5.01 Å². The molecule has 2 nitrogen and oxygen atoms in total. The zero-order valence-electron chi connectivity index (χ0n) is 10.5. The summed E-state index contributed by atoms with van der Waals surface area (Å²) in [7, 11) is 0. The Morgan fingerprint density at radius 1 is 1.26 bits per heavy atom. The Morgan fingerprint density at radius 2 is 1.95 bits per heavy atom. The second kappa shape index (κ2) is 6.42. The van der Waals surface area contributed by atoms with Crippen molar-refractivity contribution in [1.82, 2.24) is 10.3 Å². The van der Waals surface area contributed by atoms with Gasteiger partial charge in [0.25, 0.3) is 0 Å². The Hall–Kier alpha value is -0.320. The Morgan fingerprint density at radius 3 is 2.58 bits per heavy atom. The third-order valence-corrected chi connectivity index (χ3v) is 5.03. The van der Waals surface area contributed by atoms with Gasteiger partial charge in [0, 0.05) is 28.2 Å². The smallest absolute Gasteiger partial charge is 0.109 e. The number of halogens is 3. The number of nitrogens with one attached hydrogen (secondary N) is 1. The number of aryl methyl sites for hydroxylation is 1. The molecular weight excluding hydrogens is 323 g/mol. The first-order valence-corrected chi connectivity index (χ1v) is 7.72. The summed E-state index contributed by atoms with van der Waals surface area (Å²) < 4.78 is 0. The molecule has 6 heteroatoms. The molecular formula is C13H13Cl3N2S. The fourth-order valence-electron chi connectivity index (χ4n) is 1.65. The van der Waals surface area contributed by atoms with Crippen LogP contribution in [-0.4, -0.2) is 4.98 Å². The number of rotatable bonds is 4. The van der Waals surface area contributed by atoms with Crippen molar-refractivity contribution in [2.24, 2.45) is 0 Å². The Balaban J connectivity index is 2.09. The van der Waals surface area contributed by atoms with E-state index in [9.17, 15) is 0 Å². The molecule has 0 saturated carbocycles. The lowest BCUT2D eigenvalue weighted by atomic mass is 10.2. The standard InChI is InChI=1S/C13H13Cl3N2S/c1-7-5-18-13(19-7)8(2)17-6-9-10(14)3-4-11(15)12(9)16/h3-5,8,17H,6H2,1-2H3. The topological polar surface area (TPSA) is 24.9 Å². The second-order valence-corrected chi connectivity index (χ2v) is 6.69. The summed E-state index contributed by atoms with van der Waals surface area (Å²) in [6.07, 6.45) is 1.87. The molecule has 2 rings (SSSR count). The normalized spacial score (nSPS) is 12.7. The van der Waals surface area contributed by atoms with Gasteiger partial charge in [0.2, 0.25) is 0 Å². The quantitative estimate of drug-likeness (QED) is 0.771. The summed E-state index contributed by atoms with van der Waals surface area (Å²) in [6, 6.07) is 3.60. The van der Waals surface area contributed by atoms with Gasteiger partial charge in [-0.3, -0.25) is 0 Å². The maximum atomic E-state index is 6.16. The summed E-state index contributed by atoms with van der Waals surface area (Å²) in [4.78, 5) is 5.55. The second-order valence-electron chi connectivity index (χ2n) is 4.23. The molecule has 0 spiro atoms. The summed E-state index contributed by atoms with van der Waals surface area (Å²) in [5.41, 5.74) is 0.816. The van der Waals surface area contributed by atoms with Crippen LogP contribution >= 0.6 is 46.1 Å². The van der Waals surface area contributed by atoms with Crippen molar-refractivity contribution in [3.8, 4) is 0 Å². The molecule has 0 amide bonds. The molecule has 0 aliphatic rings. The van der Waals surface area contributed by atoms with Crippen LogP contribution in [-0.2, 0) is 6.54 Å². The fraction of sp³-hybridized carbons (Fsp3) is 0.308. The minimum absolute atomic E-state index is 0.143. The molecule has 0 aliphatic heterocycles. The third-order valence-electron chi connectivity index (χ3n) is 2.73. The molecule has 102 valence electrons. The lowest BCUT2D eigenvalue weighted by molar-refractivity contribution is 0.572. The van der Waals surface area contributed by atoms with Crippen molar-refractivity contribution in [3.63, 3.8) is 0 Å². The predicted molar refractivity (Wildman–Crippen MR) is 83.6 cm³/mol. The first-order chi connectivity index (χ1) is 8.99. The molecule has 1 aromatic carbocycles. The van der Waals surface area contributed by atoms with E-state index in [0.717, 1.165) is 10.6 Å². The molecule has 19 heavy (non-hydrogen) atoms. The van der Waals surface area contributed by atoms with Crippen molar-refractivity contribution in [2.45, 2.75) is 26.4 Å². The van der Waals surface area contributed by atoms with E-state index in [1.54, 1.807) is 23.5 Å². The minimum atomic E-state index is 0.143. The van der Waals surface area contributed by atoms with Crippen molar-refractivity contribution < 1.29 is 0 Å². The van der Waals surface area contributed by atoms with Gasteiger partial charge in [0.15, 0.2) is 0 Å². The molecule has 0 aliphatic carbocycles. The highest BCUT2D eigenvalue weighted by Crippen LogP contribution is 2.31. The average molecular weight is 336 g/mol. The van der Waals surface area contributed by atoms with Crippen LogP contribution in [0.2, 0.25) is 15.1 Å². The van der Waals surface area contributed by atoms with Crippen LogP contribution in [0.3, 0.4) is 0 Å². The highest BCUT2D eigenvalue weighted by Gasteiger charge is 2.13. The van der Waals surface area contributed by atoms with E-state index in [-0.39, 0.29) is 6.04 Å². The van der Waals surface area contributed by atoms with Gasteiger partial charge in [-0.2, -0.15) is 0 Å². The van der Waals surface area contributed by atoms with Gasteiger partial charge >= 0.3 is 0 Å². The van der Waals surface area contributed by atoms with Crippen molar-refractivity contribution >= 4 is 46.1 Å². The lowest BCUT2D eigenvalue weighted by Crippen LogP contribution is -2.18. The highest BCUT2D eigenvalue weighted by molar-refractivity contribution is 7.11. The maximum absolute atomic E-state index is 6.16. The van der Waals surface area contributed by atoms with E-state index in [2.05, 4.69) is 17.2 Å². The van der Waals surface area contributed by atoms with E-state index in [0.29, 0.717) is 21.6 Å². The number of thiazole rings is 1. The monoisotopic (exact) mass is 334 g/mol.